The highest BCUT2D eigenvalue weighted by molar-refractivity contribution is 5.94. The number of nitrogens with zero attached hydrogens (tertiary/aromatic N) is 1. The summed E-state index contributed by atoms with van der Waals surface area (Å²) in [6.07, 6.45) is 4.20. The standard InChI is InChI=1S/C12H20N4O/c1-7-3-5-9(6-4-7)12(17)14-11-10(13)8(2)15-16-11/h7,9H,3-6,13H2,1-2H3,(H2,14,15,16,17). The van der Waals surface area contributed by atoms with Gasteiger partial charge in [0.25, 0.3) is 0 Å². The zero-order chi connectivity index (χ0) is 12.4. The highest BCUT2D eigenvalue weighted by Crippen LogP contribution is 2.29. The van der Waals surface area contributed by atoms with E-state index in [2.05, 4.69) is 22.4 Å². The number of aromatic nitrogens is 2. The molecule has 94 valence electrons. The van der Waals surface area contributed by atoms with Gasteiger partial charge in [0.2, 0.25) is 5.91 Å². The Labute approximate surface area is 101 Å². The Kier molecular flexibility index (Phi) is 3.36. The fourth-order valence-corrected chi connectivity index (χ4v) is 2.27. The molecule has 0 saturated heterocycles. The molecule has 1 saturated carbocycles. The first-order valence-corrected chi connectivity index (χ1v) is 6.19. The number of aryl methyl sites for hydroxylation is 1. The molecule has 0 aliphatic heterocycles. The summed E-state index contributed by atoms with van der Waals surface area (Å²) in [5, 5.41) is 9.55. The summed E-state index contributed by atoms with van der Waals surface area (Å²) in [5.41, 5.74) is 7.11. The Morgan fingerprint density at radius 1 is 1.41 bits per heavy atom. The zero-order valence-corrected chi connectivity index (χ0v) is 10.4. The lowest BCUT2D eigenvalue weighted by atomic mass is 9.82. The molecule has 0 atom stereocenters. The van der Waals surface area contributed by atoms with Crippen molar-refractivity contribution >= 4 is 17.4 Å². The van der Waals surface area contributed by atoms with Gasteiger partial charge < -0.3 is 11.1 Å². The molecule has 0 unspecified atom stereocenters. The minimum Gasteiger partial charge on any atom is -0.394 e. The van der Waals surface area contributed by atoms with E-state index in [0.29, 0.717) is 11.5 Å². The van der Waals surface area contributed by atoms with E-state index in [-0.39, 0.29) is 11.8 Å². The van der Waals surface area contributed by atoms with Crippen LogP contribution in [0.15, 0.2) is 0 Å². The number of hydrogen-bond acceptors (Lipinski definition) is 3. The molecule has 5 nitrogen and oxygen atoms in total. The minimum atomic E-state index is 0.0510. The van der Waals surface area contributed by atoms with E-state index < -0.39 is 0 Å². The van der Waals surface area contributed by atoms with Gasteiger partial charge in [-0.15, -0.1) is 0 Å². The second kappa shape index (κ2) is 4.77. The fraction of sp³-hybridized carbons (Fsp3) is 0.667. The van der Waals surface area contributed by atoms with Crippen LogP contribution in [0.4, 0.5) is 11.5 Å². The summed E-state index contributed by atoms with van der Waals surface area (Å²) in [5.74, 6) is 1.38. The molecule has 17 heavy (non-hydrogen) atoms. The van der Waals surface area contributed by atoms with E-state index >= 15 is 0 Å². The third kappa shape index (κ3) is 2.60. The number of nitrogens with one attached hydrogen (secondary N) is 2. The van der Waals surface area contributed by atoms with Gasteiger partial charge in [-0.3, -0.25) is 9.89 Å². The highest BCUT2D eigenvalue weighted by Gasteiger charge is 2.25. The van der Waals surface area contributed by atoms with Crippen molar-refractivity contribution in [2.24, 2.45) is 11.8 Å². The van der Waals surface area contributed by atoms with Crippen molar-refractivity contribution in [3.05, 3.63) is 5.69 Å². The summed E-state index contributed by atoms with van der Waals surface area (Å²) in [6, 6.07) is 0. The van der Waals surface area contributed by atoms with Crippen LogP contribution in [-0.4, -0.2) is 16.1 Å². The SMILES string of the molecule is Cc1[nH]nc(NC(=O)C2CCC(C)CC2)c1N. The topological polar surface area (TPSA) is 83.8 Å². The smallest absolute Gasteiger partial charge is 0.228 e. The van der Waals surface area contributed by atoms with Gasteiger partial charge in [-0.25, -0.2) is 0 Å². The first-order valence-electron chi connectivity index (χ1n) is 6.19. The third-order valence-corrected chi connectivity index (χ3v) is 3.62. The number of aromatic amines is 1. The number of H-pyrrole nitrogens is 1. The first-order chi connectivity index (χ1) is 8.08. The molecule has 1 aromatic rings. The van der Waals surface area contributed by atoms with E-state index in [0.717, 1.165) is 37.3 Å². The van der Waals surface area contributed by atoms with E-state index in [1.807, 2.05) is 6.92 Å². The maximum absolute atomic E-state index is 12.0. The van der Waals surface area contributed by atoms with Crippen molar-refractivity contribution in [2.45, 2.75) is 39.5 Å². The van der Waals surface area contributed by atoms with Crippen molar-refractivity contribution in [2.75, 3.05) is 11.1 Å². The van der Waals surface area contributed by atoms with Crippen LogP contribution in [0.3, 0.4) is 0 Å². The Morgan fingerprint density at radius 3 is 2.59 bits per heavy atom. The van der Waals surface area contributed by atoms with Gasteiger partial charge >= 0.3 is 0 Å². The number of anilines is 2. The molecule has 0 radical (unpaired) electrons. The Balaban J connectivity index is 1.95. The van der Waals surface area contributed by atoms with E-state index in [9.17, 15) is 4.79 Å². The van der Waals surface area contributed by atoms with E-state index in [4.69, 9.17) is 5.73 Å². The zero-order valence-electron chi connectivity index (χ0n) is 10.4. The summed E-state index contributed by atoms with van der Waals surface area (Å²) in [7, 11) is 0. The summed E-state index contributed by atoms with van der Waals surface area (Å²) in [6.45, 7) is 4.07. The second-order valence-electron chi connectivity index (χ2n) is 5.06. The van der Waals surface area contributed by atoms with Crippen molar-refractivity contribution in [3.8, 4) is 0 Å². The molecule has 1 amide bonds. The molecule has 1 aliphatic rings. The molecule has 1 fully saturated rings. The van der Waals surface area contributed by atoms with Crippen molar-refractivity contribution in [1.82, 2.24) is 10.2 Å². The lowest BCUT2D eigenvalue weighted by Crippen LogP contribution is -2.27. The number of amides is 1. The number of nitrogens with two attached hydrogens (primary N) is 1. The number of rotatable bonds is 2. The molecular weight excluding hydrogens is 216 g/mol. The van der Waals surface area contributed by atoms with Crippen LogP contribution in [0, 0.1) is 18.8 Å². The van der Waals surface area contributed by atoms with Crippen LogP contribution in [0.1, 0.15) is 38.3 Å². The largest absolute Gasteiger partial charge is 0.394 e. The molecule has 4 N–H and O–H groups in total. The van der Waals surface area contributed by atoms with Crippen molar-refractivity contribution in [1.29, 1.82) is 0 Å². The van der Waals surface area contributed by atoms with E-state index in [1.54, 1.807) is 0 Å². The Hall–Kier alpha value is -1.52. The summed E-state index contributed by atoms with van der Waals surface area (Å²) < 4.78 is 0. The number of carbonyl (C=O) groups is 1. The normalized spacial score (nSPS) is 24.6. The van der Waals surface area contributed by atoms with Gasteiger partial charge in [0, 0.05) is 5.92 Å². The lowest BCUT2D eigenvalue weighted by Gasteiger charge is -2.24. The molecule has 0 bridgehead atoms. The average Bonchev–Trinajstić information content (AvgIpc) is 2.62. The molecule has 2 rings (SSSR count). The molecular formula is C12H20N4O. The average molecular weight is 236 g/mol. The van der Waals surface area contributed by atoms with E-state index in [1.165, 1.54) is 0 Å². The van der Waals surface area contributed by atoms with Crippen LogP contribution in [0.25, 0.3) is 0 Å². The van der Waals surface area contributed by atoms with Gasteiger partial charge in [0.05, 0.1) is 11.4 Å². The second-order valence-corrected chi connectivity index (χ2v) is 5.06. The van der Waals surface area contributed by atoms with Gasteiger partial charge in [-0.2, -0.15) is 5.10 Å². The van der Waals surface area contributed by atoms with Gasteiger partial charge in [-0.05, 0) is 38.5 Å². The molecule has 5 heteroatoms. The molecule has 1 aromatic heterocycles. The number of nitrogen functional groups attached to an aromatic ring is 1. The molecule has 1 heterocycles. The monoisotopic (exact) mass is 236 g/mol. The van der Waals surface area contributed by atoms with Crippen LogP contribution < -0.4 is 11.1 Å². The van der Waals surface area contributed by atoms with Crippen LogP contribution in [-0.2, 0) is 4.79 Å². The highest BCUT2D eigenvalue weighted by atomic mass is 16.2. The van der Waals surface area contributed by atoms with Gasteiger partial charge in [-0.1, -0.05) is 6.92 Å². The predicted octanol–water partition coefficient (Wildman–Crippen LogP) is 2.07. The first kappa shape index (κ1) is 12.0. The molecule has 1 aliphatic carbocycles. The summed E-state index contributed by atoms with van der Waals surface area (Å²) in [4.78, 5) is 12.0. The fourth-order valence-electron chi connectivity index (χ4n) is 2.27. The number of hydrogen-bond donors (Lipinski definition) is 3. The maximum Gasteiger partial charge on any atom is 0.228 e. The molecule has 0 aromatic carbocycles. The van der Waals surface area contributed by atoms with Gasteiger partial charge in [0.1, 0.15) is 0 Å². The van der Waals surface area contributed by atoms with Crippen molar-refractivity contribution < 1.29 is 4.79 Å². The van der Waals surface area contributed by atoms with Crippen molar-refractivity contribution in [3.63, 3.8) is 0 Å². The maximum atomic E-state index is 12.0. The Bertz CT molecular complexity index is 405. The minimum absolute atomic E-state index is 0.0510. The van der Waals surface area contributed by atoms with Crippen LogP contribution >= 0.6 is 0 Å². The van der Waals surface area contributed by atoms with Crippen LogP contribution in [0.2, 0.25) is 0 Å². The molecule has 0 spiro atoms. The van der Waals surface area contributed by atoms with Crippen LogP contribution in [0.5, 0.6) is 0 Å². The van der Waals surface area contributed by atoms with Gasteiger partial charge in [0.15, 0.2) is 5.82 Å². The lowest BCUT2D eigenvalue weighted by molar-refractivity contribution is -0.121. The third-order valence-electron chi connectivity index (χ3n) is 3.62. The quantitative estimate of drug-likeness (QED) is 0.735. The Morgan fingerprint density at radius 2 is 2.06 bits per heavy atom. The number of carbonyl (C=O) groups excluding carboxylic acids is 1. The predicted molar refractivity (Wildman–Crippen MR) is 67.5 cm³/mol. The summed E-state index contributed by atoms with van der Waals surface area (Å²) >= 11 is 0.